The Hall–Kier alpha value is -2.98. The Morgan fingerprint density at radius 3 is 1.97 bits per heavy atom. The Kier molecular flexibility index (Phi) is 9.93. The largest absolute Gasteiger partial charge is 0.480 e. The number of nitrogens with two attached hydrogens (primary N) is 1. The molecule has 1 rings (SSSR count). The second-order valence-corrected chi connectivity index (χ2v) is 7.31. The van der Waals surface area contributed by atoms with Gasteiger partial charge < -0.3 is 31.9 Å². The van der Waals surface area contributed by atoms with Gasteiger partial charge in [0.05, 0.1) is 12.6 Å². The van der Waals surface area contributed by atoms with Gasteiger partial charge in [-0.1, -0.05) is 44.2 Å². The van der Waals surface area contributed by atoms with E-state index in [1.54, 1.807) is 38.1 Å². The monoisotopic (exact) mass is 422 g/mol. The van der Waals surface area contributed by atoms with E-state index in [4.69, 9.17) is 10.8 Å². The maximum Gasteiger partial charge on any atom is 0.328 e. The zero-order valence-electron chi connectivity index (χ0n) is 17.3. The molecule has 0 spiro atoms. The molecule has 166 valence electrons. The quantitative estimate of drug-likeness (QED) is 0.259. The highest BCUT2D eigenvalue weighted by Crippen LogP contribution is 2.07. The fourth-order valence-corrected chi connectivity index (χ4v) is 2.73. The molecule has 0 bridgehead atoms. The third-order valence-electron chi connectivity index (χ3n) is 4.41. The van der Waals surface area contributed by atoms with E-state index in [1.165, 1.54) is 6.92 Å². The maximum atomic E-state index is 12.9. The predicted octanol–water partition coefficient (Wildman–Crippen LogP) is -1.24. The first kappa shape index (κ1) is 25.1. The van der Waals surface area contributed by atoms with E-state index in [1.807, 2.05) is 6.07 Å². The number of rotatable bonds is 11. The molecule has 0 aromatic heterocycles. The lowest BCUT2D eigenvalue weighted by molar-refractivity contribution is -0.145. The second kappa shape index (κ2) is 11.9. The van der Waals surface area contributed by atoms with Crippen molar-refractivity contribution in [2.75, 3.05) is 6.54 Å². The van der Waals surface area contributed by atoms with Gasteiger partial charge in [-0.2, -0.15) is 0 Å². The third kappa shape index (κ3) is 7.80. The van der Waals surface area contributed by atoms with E-state index < -0.39 is 47.9 Å². The zero-order chi connectivity index (χ0) is 22.8. The highest BCUT2D eigenvalue weighted by atomic mass is 16.4. The Balaban J connectivity index is 2.98. The first-order valence-electron chi connectivity index (χ1n) is 9.61. The predicted molar refractivity (Wildman–Crippen MR) is 109 cm³/mol. The number of aliphatic hydroxyl groups excluding tert-OH is 1. The minimum atomic E-state index is -1.52. The van der Waals surface area contributed by atoms with Gasteiger partial charge >= 0.3 is 5.97 Å². The van der Waals surface area contributed by atoms with Crippen molar-refractivity contribution in [3.05, 3.63) is 35.9 Å². The van der Waals surface area contributed by atoms with Crippen LogP contribution in [0.1, 0.15) is 26.3 Å². The van der Waals surface area contributed by atoms with Gasteiger partial charge in [0.15, 0.2) is 6.04 Å². The van der Waals surface area contributed by atoms with Crippen LogP contribution in [0.5, 0.6) is 0 Å². The van der Waals surface area contributed by atoms with Crippen molar-refractivity contribution in [3.63, 3.8) is 0 Å². The standard InChI is InChI=1S/C20H30N4O6/c1-11(2)16(19(28)24-17(12(3)25)20(29)30)23-18(27)14(22-15(26)10-21)9-13-7-5-4-6-8-13/h4-8,11-12,14,16-17,25H,9-10,21H2,1-3H3,(H,22,26)(H,23,27)(H,24,28)(H,29,30). The van der Waals surface area contributed by atoms with E-state index in [9.17, 15) is 24.3 Å². The number of aliphatic carboxylic acids is 1. The number of amides is 3. The topological polar surface area (TPSA) is 171 Å². The average Bonchev–Trinajstić information content (AvgIpc) is 2.69. The molecule has 0 saturated heterocycles. The molecule has 0 saturated carbocycles. The molecule has 10 nitrogen and oxygen atoms in total. The van der Waals surface area contributed by atoms with Crippen molar-refractivity contribution < 1.29 is 29.4 Å². The Bertz CT molecular complexity index is 738. The summed E-state index contributed by atoms with van der Waals surface area (Å²) in [4.78, 5) is 48.5. The first-order chi connectivity index (χ1) is 14.1. The summed E-state index contributed by atoms with van der Waals surface area (Å²) in [5, 5.41) is 26.1. The van der Waals surface area contributed by atoms with Crippen LogP contribution in [0.3, 0.4) is 0 Å². The van der Waals surface area contributed by atoms with Crippen LogP contribution >= 0.6 is 0 Å². The van der Waals surface area contributed by atoms with Crippen molar-refractivity contribution in [2.24, 2.45) is 11.7 Å². The van der Waals surface area contributed by atoms with Crippen LogP contribution in [0, 0.1) is 5.92 Å². The molecule has 4 atom stereocenters. The molecule has 0 fully saturated rings. The molecule has 0 radical (unpaired) electrons. The van der Waals surface area contributed by atoms with Gasteiger partial charge in [-0.25, -0.2) is 4.79 Å². The van der Waals surface area contributed by atoms with Crippen molar-refractivity contribution in [3.8, 4) is 0 Å². The summed E-state index contributed by atoms with van der Waals surface area (Å²) >= 11 is 0. The summed E-state index contributed by atoms with van der Waals surface area (Å²) in [5.41, 5.74) is 6.13. The smallest absolute Gasteiger partial charge is 0.328 e. The van der Waals surface area contributed by atoms with Crippen LogP contribution in [0.4, 0.5) is 0 Å². The van der Waals surface area contributed by atoms with E-state index in [2.05, 4.69) is 16.0 Å². The van der Waals surface area contributed by atoms with E-state index in [0.29, 0.717) is 0 Å². The van der Waals surface area contributed by atoms with Crippen molar-refractivity contribution in [2.45, 2.75) is 51.4 Å². The van der Waals surface area contributed by atoms with Crippen LogP contribution in [0.15, 0.2) is 30.3 Å². The molecule has 1 aromatic rings. The molecule has 0 aliphatic carbocycles. The van der Waals surface area contributed by atoms with Crippen LogP contribution in [-0.4, -0.2) is 64.7 Å². The third-order valence-corrected chi connectivity index (χ3v) is 4.41. The average molecular weight is 422 g/mol. The number of hydrogen-bond acceptors (Lipinski definition) is 6. The number of carboxylic acid groups (broad SMARTS) is 1. The van der Waals surface area contributed by atoms with Gasteiger partial charge in [0.2, 0.25) is 17.7 Å². The summed E-state index contributed by atoms with van der Waals surface area (Å²) < 4.78 is 0. The molecular formula is C20H30N4O6. The van der Waals surface area contributed by atoms with Gasteiger partial charge in [-0.15, -0.1) is 0 Å². The number of aliphatic hydroxyl groups is 1. The van der Waals surface area contributed by atoms with Crippen molar-refractivity contribution in [1.82, 2.24) is 16.0 Å². The lowest BCUT2D eigenvalue weighted by Crippen LogP contribution is -2.59. The highest BCUT2D eigenvalue weighted by Gasteiger charge is 2.32. The summed E-state index contributed by atoms with van der Waals surface area (Å²) in [7, 11) is 0. The molecular weight excluding hydrogens is 392 g/mol. The zero-order valence-corrected chi connectivity index (χ0v) is 17.3. The number of carbonyl (C=O) groups is 4. The maximum absolute atomic E-state index is 12.9. The minimum absolute atomic E-state index is 0.177. The van der Waals surface area contributed by atoms with Gasteiger partial charge in [0, 0.05) is 6.42 Å². The van der Waals surface area contributed by atoms with Gasteiger partial charge in [0.1, 0.15) is 12.1 Å². The minimum Gasteiger partial charge on any atom is -0.480 e. The Labute approximate surface area is 175 Å². The molecule has 30 heavy (non-hydrogen) atoms. The second-order valence-electron chi connectivity index (χ2n) is 7.31. The molecule has 0 aliphatic rings. The van der Waals surface area contributed by atoms with E-state index in [0.717, 1.165) is 5.56 Å². The van der Waals surface area contributed by atoms with Gasteiger partial charge in [-0.3, -0.25) is 14.4 Å². The van der Waals surface area contributed by atoms with Crippen LogP contribution < -0.4 is 21.7 Å². The van der Waals surface area contributed by atoms with Gasteiger partial charge in [0.25, 0.3) is 0 Å². The Morgan fingerprint density at radius 2 is 1.50 bits per heavy atom. The summed E-state index contributed by atoms with van der Waals surface area (Å²) in [5.74, 6) is -3.69. The highest BCUT2D eigenvalue weighted by molar-refractivity contribution is 5.94. The first-order valence-corrected chi connectivity index (χ1v) is 9.61. The molecule has 7 N–H and O–H groups in total. The SMILES string of the molecule is CC(C)C(NC(=O)C(Cc1ccccc1)NC(=O)CN)C(=O)NC(C(=O)O)C(C)O. The number of benzene rings is 1. The molecule has 1 aromatic carbocycles. The van der Waals surface area contributed by atoms with Crippen LogP contribution in [0.2, 0.25) is 0 Å². The fourth-order valence-electron chi connectivity index (χ4n) is 2.73. The molecule has 0 heterocycles. The molecule has 0 aliphatic heterocycles. The summed E-state index contributed by atoms with van der Waals surface area (Å²) in [6.45, 7) is 4.28. The molecule has 10 heteroatoms. The molecule has 4 unspecified atom stereocenters. The van der Waals surface area contributed by atoms with E-state index >= 15 is 0 Å². The Morgan fingerprint density at radius 1 is 0.933 bits per heavy atom. The lowest BCUT2D eigenvalue weighted by Gasteiger charge is -2.27. The molecule has 3 amide bonds. The van der Waals surface area contributed by atoms with Crippen LogP contribution in [-0.2, 0) is 25.6 Å². The summed E-state index contributed by atoms with van der Waals surface area (Å²) in [6.07, 6.45) is -1.15. The normalized spacial score (nSPS) is 14.9. The number of carbonyl (C=O) groups excluding carboxylic acids is 3. The van der Waals surface area contributed by atoms with Crippen LogP contribution in [0.25, 0.3) is 0 Å². The number of nitrogens with one attached hydrogen (secondary N) is 3. The number of hydrogen-bond donors (Lipinski definition) is 6. The summed E-state index contributed by atoms with van der Waals surface area (Å²) in [6, 6.07) is 5.41. The van der Waals surface area contributed by atoms with Crippen molar-refractivity contribution in [1.29, 1.82) is 0 Å². The number of carboxylic acids is 1. The fraction of sp³-hybridized carbons (Fsp3) is 0.500. The van der Waals surface area contributed by atoms with Crippen molar-refractivity contribution >= 4 is 23.7 Å². The van der Waals surface area contributed by atoms with Gasteiger partial charge in [-0.05, 0) is 18.4 Å². The van der Waals surface area contributed by atoms with E-state index in [-0.39, 0.29) is 18.9 Å². The lowest BCUT2D eigenvalue weighted by atomic mass is 10.00.